The third kappa shape index (κ3) is 3.73. The fourth-order valence-corrected chi connectivity index (χ4v) is 2.40. The molecule has 0 amide bonds. The van der Waals surface area contributed by atoms with E-state index in [-0.39, 0.29) is 30.2 Å². The fraction of sp³-hybridized carbons (Fsp3) is 0.353. The van der Waals surface area contributed by atoms with Crippen LogP contribution in [0.15, 0.2) is 16.7 Å². The molecule has 2 aromatic rings. The maximum atomic E-state index is 12.4. The highest BCUT2D eigenvalue weighted by atomic mass is 16.5. The summed E-state index contributed by atoms with van der Waals surface area (Å²) in [6, 6.07) is 1.51. The summed E-state index contributed by atoms with van der Waals surface area (Å²) in [6.07, 6.45) is 1.31. The third-order valence-electron chi connectivity index (χ3n) is 3.60. The number of hydrogen-bond donors (Lipinski definition) is 1. The van der Waals surface area contributed by atoms with E-state index in [1.807, 2.05) is 0 Å². The summed E-state index contributed by atoms with van der Waals surface area (Å²) in [5.41, 5.74) is 1.79. The molecule has 0 atom stereocenters. The third-order valence-corrected chi connectivity index (χ3v) is 3.60. The molecule has 2 rings (SSSR count). The van der Waals surface area contributed by atoms with Crippen molar-refractivity contribution in [2.45, 2.75) is 27.4 Å². The van der Waals surface area contributed by atoms with Gasteiger partial charge in [0.05, 0.1) is 25.5 Å². The van der Waals surface area contributed by atoms with E-state index in [9.17, 15) is 14.4 Å². The summed E-state index contributed by atoms with van der Waals surface area (Å²) in [7, 11) is 1.23. The number of rotatable bonds is 6. The quantitative estimate of drug-likeness (QED) is 0.630. The Morgan fingerprint density at radius 2 is 1.84 bits per heavy atom. The number of H-pyrrole nitrogens is 1. The Kier molecular flexibility index (Phi) is 5.63. The van der Waals surface area contributed by atoms with Gasteiger partial charge in [0.1, 0.15) is 12.3 Å². The van der Waals surface area contributed by atoms with Crippen LogP contribution in [0.3, 0.4) is 0 Å². The first kappa shape index (κ1) is 18.3. The highest BCUT2D eigenvalue weighted by Crippen LogP contribution is 2.21. The minimum Gasteiger partial charge on any atom is -0.463 e. The van der Waals surface area contributed by atoms with Gasteiger partial charge < -0.3 is 23.6 Å². The Morgan fingerprint density at radius 1 is 1.12 bits per heavy atom. The Balaban J connectivity index is 2.16. The SMILES string of the molecule is CCOC(=O)c1[nH]c(C)c(C(=O)OCc2ccoc2C(=O)OC)c1C. The Morgan fingerprint density at radius 3 is 2.48 bits per heavy atom. The molecule has 0 saturated carbocycles. The van der Waals surface area contributed by atoms with Gasteiger partial charge in [0.2, 0.25) is 5.76 Å². The van der Waals surface area contributed by atoms with Crippen LogP contribution < -0.4 is 0 Å². The first-order chi connectivity index (χ1) is 11.9. The lowest BCUT2D eigenvalue weighted by molar-refractivity contribution is 0.0452. The van der Waals surface area contributed by atoms with Gasteiger partial charge in [-0.3, -0.25) is 0 Å². The van der Waals surface area contributed by atoms with Gasteiger partial charge in [-0.15, -0.1) is 0 Å². The Labute approximate surface area is 144 Å². The predicted octanol–water partition coefficient (Wildman–Crippen LogP) is 2.54. The van der Waals surface area contributed by atoms with E-state index in [0.717, 1.165) is 0 Å². The van der Waals surface area contributed by atoms with E-state index >= 15 is 0 Å². The Bertz CT molecular complexity index is 800. The van der Waals surface area contributed by atoms with Crippen LogP contribution in [0.2, 0.25) is 0 Å². The minimum absolute atomic E-state index is 0.0231. The van der Waals surface area contributed by atoms with Gasteiger partial charge in [0, 0.05) is 11.3 Å². The summed E-state index contributed by atoms with van der Waals surface area (Å²) < 4.78 is 19.8. The number of carbonyl (C=O) groups excluding carboxylic acids is 3. The zero-order valence-corrected chi connectivity index (χ0v) is 14.4. The van der Waals surface area contributed by atoms with Crippen LogP contribution in [0.5, 0.6) is 0 Å². The molecular formula is C17H19NO7. The molecule has 134 valence electrons. The molecule has 0 bridgehead atoms. The van der Waals surface area contributed by atoms with Crippen molar-refractivity contribution in [1.29, 1.82) is 0 Å². The van der Waals surface area contributed by atoms with E-state index in [4.69, 9.17) is 13.9 Å². The number of aryl methyl sites for hydroxylation is 1. The van der Waals surface area contributed by atoms with Crippen molar-refractivity contribution in [3.05, 3.63) is 46.2 Å². The predicted molar refractivity (Wildman–Crippen MR) is 85.4 cm³/mol. The second kappa shape index (κ2) is 7.69. The molecule has 1 N–H and O–H groups in total. The highest BCUT2D eigenvalue weighted by Gasteiger charge is 2.24. The average molecular weight is 349 g/mol. The van der Waals surface area contributed by atoms with E-state index in [2.05, 4.69) is 9.72 Å². The number of aromatic nitrogens is 1. The number of aromatic amines is 1. The molecule has 8 heteroatoms. The number of furan rings is 1. The van der Waals surface area contributed by atoms with Crippen LogP contribution in [-0.4, -0.2) is 36.6 Å². The number of nitrogens with one attached hydrogen (secondary N) is 1. The molecule has 0 radical (unpaired) electrons. The van der Waals surface area contributed by atoms with Gasteiger partial charge in [-0.2, -0.15) is 0 Å². The van der Waals surface area contributed by atoms with Gasteiger partial charge in [0.25, 0.3) is 0 Å². The van der Waals surface area contributed by atoms with Crippen molar-refractivity contribution >= 4 is 17.9 Å². The summed E-state index contributed by atoms with van der Waals surface area (Å²) in [4.78, 5) is 38.7. The largest absolute Gasteiger partial charge is 0.463 e. The average Bonchev–Trinajstić information content (AvgIpc) is 3.16. The van der Waals surface area contributed by atoms with E-state index < -0.39 is 17.9 Å². The standard InChI is InChI=1S/C17H19NO7/c1-5-23-16(20)13-9(2)12(10(3)18-13)15(19)25-8-11-6-7-24-14(11)17(21)22-4/h6-7,18H,5,8H2,1-4H3. The van der Waals surface area contributed by atoms with E-state index in [1.165, 1.54) is 19.4 Å². The van der Waals surface area contributed by atoms with Crippen molar-refractivity contribution < 1.29 is 33.0 Å². The first-order valence-corrected chi connectivity index (χ1v) is 7.58. The topological polar surface area (TPSA) is 108 Å². The van der Waals surface area contributed by atoms with Crippen molar-refractivity contribution in [1.82, 2.24) is 4.98 Å². The molecular weight excluding hydrogens is 330 g/mol. The molecule has 8 nitrogen and oxygen atoms in total. The number of ether oxygens (including phenoxy) is 3. The summed E-state index contributed by atoms with van der Waals surface area (Å²) >= 11 is 0. The lowest BCUT2D eigenvalue weighted by Crippen LogP contribution is -2.10. The second-order valence-corrected chi connectivity index (χ2v) is 5.19. The molecule has 0 aliphatic rings. The summed E-state index contributed by atoms with van der Waals surface area (Å²) in [5, 5.41) is 0. The van der Waals surface area contributed by atoms with Gasteiger partial charge in [0.15, 0.2) is 0 Å². The molecule has 0 fully saturated rings. The van der Waals surface area contributed by atoms with E-state index in [1.54, 1.807) is 20.8 Å². The smallest absolute Gasteiger partial charge is 0.374 e. The monoisotopic (exact) mass is 349 g/mol. The second-order valence-electron chi connectivity index (χ2n) is 5.19. The van der Waals surface area contributed by atoms with Crippen LogP contribution in [0, 0.1) is 13.8 Å². The van der Waals surface area contributed by atoms with Gasteiger partial charge in [-0.1, -0.05) is 0 Å². The van der Waals surface area contributed by atoms with Crippen LogP contribution in [0.4, 0.5) is 0 Å². The molecule has 0 spiro atoms. The van der Waals surface area contributed by atoms with Crippen LogP contribution in [0.1, 0.15) is 55.1 Å². The summed E-state index contributed by atoms with van der Waals surface area (Å²) in [6.45, 7) is 5.04. The molecule has 2 heterocycles. The van der Waals surface area contributed by atoms with Crippen molar-refractivity contribution in [3.63, 3.8) is 0 Å². The maximum Gasteiger partial charge on any atom is 0.374 e. The van der Waals surface area contributed by atoms with Crippen molar-refractivity contribution in [2.75, 3.05) is 13.7 Å². The zero-order chi connectivity index (χ0) is 18.6. The number of carbonyl (C=O) groups is 3. The number of methoxy groups -OCH3 is 1. The van der Waals surface area contributed by atoms with Crippen molar-refractivity contribution in [3.8, 4) is 0 Å². The molecule has 0 aliphatic carbocycles. The number of esters is 3. The van der Waals surface area contributed by atoms with Crippen molar-refractivity contribution in [2.24, 2.45) is 0 Å². The highest BCUT2D eigenvalue weighted by molar-refractivity contribution is 5.98. The van der Waals surface area contributed by atoms with E-state index in [0.29, 0.717) is 16.8 Å². The lowest BCUT2D eigenvalue weighted by atomic mass is 10.1. The molecule has 25 heavy (non-hydrogen) atoms. The van der Waals surface area contributed by atoms with Gasteiger partial charge in [-0.25, -0.2) is 14.4 Å². The zero-order valence-electron chi connectivity index (χ0n) is 14.4. The molecule has 0 aliphatic heterocycles. The lowest BCUT2D eigenvalue weighted by Gasteiger charge is -2.06. The van der Waals surface area contributed by atoms with Gasteiger partial charge in [-0.05, 0) is 32.4 Å². The molecule has 0 saturated heterocycles. The molecule has 0 unspecified atom stereocenters. The van der Waals surface area contributed by atoms with Crippen LogP contribution in [-0.2, 0) is 20.8 Å². The number of hydrogen-bond acceptors (Lipinski definition) is 7. The van der Waals surface area contributed by atoms with Crippen LogP contribution in [0.25, 0.3) is 0 Å². The van der Waals surface area contributed by atoms with Gasteiger partial charge >= 0.3 is 17.9 Å². The summed E-state index contributed by atoms with van der Waals surface area (Å²) in [5.74, 6) is -1.84. The van der Waals surface area contributed by atoms with Crippen LogP contribution >= 0.6 is 0 Å². The minimum atomic E-state index is -0.658. The fourth-order valence-electron chi connectivity index (χ4n) is 2.40. The Hall–Kier alpha value is -3.03. The normalized spacial score (nSPS) is 10.4. The first-order valence-electron chi connectivity index (χ1n) is 7.58. The maximum absolute atomic E-state index is 12.4. The molecule has 2 aromatic heterocycles. The molecule has 0 aromatic carbocycles.